The molecule has 0 saturated heterocycles. The zero-order valence-corrected chi connectivity index (χ0v) is 9.34. The second-order valence-electron chi connectivity index (χ2n) is 3.63. The van der Waals surface area contributed by atoms with Crippen LogP contribution in [-0.2, 0) is 6.61 Å². The Kier molecular flexibility index (Phi) is 3.52. The third kappa shape index (κ3) is 3.04. The number of aromatic carboxylic acids is 1. The van der Waals surface area contributed by atoms with Gasteiger partial charge in [0.1, 0.15) is 18.2 Å². The van der Waals surface area contributed by atoms with Gasteiger partial charge < -0.3 is 9.84 Å². The number of benzene rings is 1. The van der Waals surface area contributed by atoms with Crippen molar-refractivity contribution in [1.29, 1.82) is 0 Å². The predicted octanol–water partition coefficient (Wildman–Crippen LogP) is 2.50. The lowest BCUT2D eigenvalue weighted by atomic mass is 10.2. The molecule has 0 spiro atoms. The van der Waals surface area contributed by atoms with E-state index in [4.69, 9.17) is 9.84 Å². The first-order valence-corrected chi connectivity index (χ1v) is 5.21. The van der Waals surface area contributed by atoms with Crippen LogP contribution >= 0.6 is 0 Å². The summed E-state index contributed by atoms with van der Waals surface area (Å²) in [5, 5.41) is 8.79. The number of hydrogen-bond donors (Lipinski definition) is 1. The van der Waals surface area contributed by atoms with Crippen molar-refractivity contribution in [3.8, 4) is 5.75 Å². The van der Waals surface area contributed by atoms with Crippen LogP contribution in [0.4, 0.5) is 4.39 Å². The molecule has 1 aromatic carbocycles. The standard InChI is InChI=1S/C13H10FNO3/c14-11-4-10(13(16)17)5-12(6-11)18-8-9-2-1-3-15-7-9/h1-7H,8H2,(H,16,17). The fourth-order valence-electron chi connectivity index (χ4n) is 1.42. The van der Waals surface area contributed by atoms with Crippen LogP contribution in [0.5, 0.6) is 5.75 Å². The molecule has 4 nitrogen and oxygen atoms in total. The van der Waals surface area contributed by atoms with Crippen molar-refractivity contribution in [1.82, 2.24) is 4.98 Å². The van der Waals surface area contributed by atoms with Crippen molar-refractivity contribution in [3.63, 3.8) is 0 Å². The van der Waals surface area contributed by atoms with Gasteiger partial charge in [-0.2, -0.15) is 0 Å². The molecule has 0 atom stereocenters. The minimum atomic E-state index is -1.19. The van der Waals surface area contributed by atoms with Gasteiger partial charge in [-0.25, -0.2) is 9.18 Å². The number of carboxylic acid groups (broad SMARTS) is 1. The van der Waals surface area contributed by atoms with Crippen LogP contribution in [0.25, 0.3) is 0 Å². The van der Waals surface area contributed by atoms with E-state index in [-0.39, 0.29) is 17.9 Å². The second kappa shape index (κ2) is 5.27. The SMILES string of the molecule is O=C(O)c1cc(F)cc(OCc2cccnc2)c1. The number of nitrogens with zero attached hydrogens (tertiary/aromatic N) is 1. The average Bonchev–Trinajstić information content (AvgIpc) is 2.37. The summed E-state index contributed by atoms with van der Waals surface area (Å²) < 4.78 is 18.5. The summed E-state index contributed by atoms with van der Waals surface area (Å²) in [4.78, 5) is 14.7. The summed E-state index contributed by atoms with van der Waals surface area (Å²) in [7, 11) is 0. The Balaban J connectivity index is 2.12. The largest absolute Gasteiger partial charge is 0.489 e. The molecule has 0 saturated carbocycles. The van der Waals surface area contributed by atoms with Crippen LogP contribution < -0.4 is 4.74 Å². The maximum Gasteiger partial charge on any atom is 0.335 e. The summed E-state index contributed by atoms with van der Waals surface area (Å²) in [6.45, 7) is 0.205. The number of rotatable bonds is 4. The highest BCUT2D eigenvalue weighted by Crippen LogP contribution is 2.17. The van der Waals surface area contributed by atoms with Gasteiger partial charge in [0.15, 0.2) is 0 Å². The van der Waals surface area contributed by atoms with E-state index in [1.165, 1.54) is 6.07 Å². The number of aromatic nitrogens is 1. The molecule has 0 unspecified atom stereocenters. The zero-order valence-electron chi connectivity index (χ0n) is 9.34. The van der Waals surface area contributed by atoms with Gasteiger partial charge >= 0.3 is 5.97 Å². The van der Waals surface area contributed by atoms with E-state index >= 15 is 0 Å². The molecule has 2 aromatic rings. The molecule has 0 aliphatic carbocycles. The summed E-state index contributed by atoms with van der Waals surface area (Å²) in [6.07, 6.45) is 3.26. The number of carbonyl (C=O) groups is 1. The van der Waals surface area contributed by atoms with Crippen molar-refractivity contribution in [2.24, 2.45) is 0 Å². The van der Waals surface area contributed by atoms with Gasteiger partial charge in [0.2, 0.25) is 0 Å². The first-order valence-electron chi connectivity index (χ1n) is 5.21. The van der Waals surface area contributed by atoms with Crippen molar-refractivity contribution in [3.05, 3.63) is 59.7 Å². The van der Waals surface area contributed by atoms with Crippen LogP contribution in [0.15, 0.2) is 42.7 Å². The predicted molar refractivity (Wildman–Crippen MR) is 61.9 cm³/mol. The number of ether oxygens (including phenoxy) is 1. The normalized spacial score (nSPS) is 10.1. The Labute approximate surface area is 103 Å². The maximum absolute atomic E-state index is 13.2. The second-order valence-corrected chi connectivity index (χ2v) is 3.63. The van der Waals surface area contributed by atoms with Gasteiger partial charge in [-0.05, 0) is 18.2 Å². The highest BCUT2D eigenvalue weighted by molar-refractivity contribution is 5.88. The van der Waals surface area contributed by atoms with Gasteiger partial charge in [0, 0.05) is 24.0 Å². The van der Waals surface area contributed by atoms with Crippen LogP contribution in [0, 0.1) is 5.82 Å². The molecular weight excluding hydrogens is 237 g/mol. The van der Waals surface area contributed by atoms with Gasteiger partial charge in [-0.15, -0.1) is 0 Å². The molecule has 2 rings (SSSR count). The van der Waals surface area contributed by atoms with E-state index in [2.05, 4.69) is 4.98 Å². The van der Waals surface area contributed by atoms with E-state index in [0.717, 1.165) is 17.7 Å². The van der Waals surface area contributed by atoms with Crippen LogP contribution in [0.3, 0.4) is 0 Å². The van der Waals surface area contributed by atoms with E-state index in [9.17, 15) is 9.18 Å². The number of halogens is 1. The zero-order chi connectivity index (χ0) is 13.0. The van der Waals surface area contributed by atoms with Crippen LogP contribution in [-0.4, -0.2) is 16.1 Å². The summed E-state index contributed by atoms with van der Waals surface area (Å²) in [5.41, 5.74) is 0.676. The van der Waals surface area contributed by atoms with Crippen molar-refractivity contribution in [2.45, 2.75) is 6.61 Å². The topological polar surface area (TPSA) is 59.4 Å². The third-order valence-electron chi connectivity index (χ3n) is 2.25. The lowest BCUT2D eigenvalue weighted by Crippen LogP contribution is -2.00. The molecular formula is C13H10FNO3. The monoisotopic (exact) mass is 247 g/mol. The van der Waals surface area contributed by atoms with Crippen molar-refractivity contribution >= 4 is 5.97 Å². The molecule has 18 heavy (non-hydrogen) atoms. The highest BCUT2D eigenvalue weighted by atomic mass is 19.1. The Hall–Kier alpha value is -2.43. The van der Waals surface area contributed by atoms with Gasteiger partial charge in [0.05, 0.1) is 5.56 Å². The Morgan fingerprint density at radius 3 is 2.89 bits per heavy atom. The Morgan fingerprint density at radius 2 is 2.22 bits per heavy atom. The summed E-state index contributed by atoms with van der Waals surface area (Å²) in [5.74, 6) is -1.66. The Bertz CT molecular complexity index is 557. The van der Waals surface area contributed by atoms with E-state index in [1.54, 1.807) is 18.5 Å². The highest BCUT2D eigenvalue weighted by Gasteiger charge is 2.07. The fraction of sp³-hybridized carbons (Fsp3) is 0.0769. The first-order chi connectivity index (χ1) is 8.65. The van der Waals surface area contributed by atoms with E-state index < -0.39 is 11.8 Å². The lowest BCUT2D eigenvalue weighted by Gasteiger charge is -2.07. The van der Waals surface area contributed by atoms with Gasteiger partial charge in [-0.1, -0.05) is 6.07 Å². The molecule has 92 valence electrons. The van der Waals surface area contributed by atoms with Crippen LogP contribution in [0.2, 0.25) is 0 Å². The molecule has 5 heteroatoms. The average molecular weight is 247 g/mol. The molecule has 0 aliphatic rings. The summed E-state index contributed by atoms with van der Waals surface area (Å²) in [6, 6.07) is 6.93. The molecule has 0 fully saturated rings. The van der Waals surface area contributed by atoms with Gasteiger partial charge in [-0.3, -0.25) is 4.98 Å². The molecule has 0 amide bonds. The first kappa shape index (κ1) is 12.0. The molecule has 0 bridgehead atoms. The van der Waals surface area contributed by atoms with E-state index in [1.807, 2.05) is 6.07 Å². The minimum absolute atomic E-state index is 0.142. The molecule has 0 radical (unpaired) electrons. The lowest BCUT2D eigenvalue weighted by molar-refractivity contribution is 0.0695. The van der Waals surface area contributed by atoms with E-state index in [0.29, 0.717) is 0 Å². The molecule has 1 heterocycles. The van der Waals surface area contributed by atoms with Gasteiger partial charge in [0.25, 0.3) is 0 Å². The van der Waals surface area contributed by atoms with Crippen molar-refractivity contribution < 1.29 is 19.0 Å². The van der Waals surface area contributed by atoms with Crippen LogP contribution in [0.1, 0.15) is 15.9 Å². The minimum Gasteiger partial charge on any atom is -0.489 e. The van der Waals surface area contributed by atoms with Crippen molar-refractivity contribution in [2.75, 3.05) is 0 Å². The number of pyridine rings is 1. The fourth-order valence-corrected chi connectivity index (χ4v) is 1.42. The quantitative estimate of drug-likeness (QED) is 0.901. The molecule has 1 aromatic heterocycles. The maximum atomic E-state index is 13.2. The molecule has 1 N–H and O–H groups in total. The third-order valence-corrected chi connectivity index (χ3v) is 2.25. The number of carboxylic acids is 1. The summed E-state index contributed by atoms with van der Waals surface area (Å²) >= 11 is 0. The molecule has 0 aliphatic heterocycles. The smallest absolute Gasteiger partial charge is 0.335 e. The number of hydrogen-bond acceptors (Lipinski definition) is 3. The Morgan fingerprint density at radius 1 is 1.39 bits per heavy atom.